The van der Waals surface area contributed by atoms with Gasteiger partial charge in [0, 0.05) is 24.2 Å². The van der Waals surface area contributed by atoms with Gasteiger partial charge in [-0.25, -0.2) is 8.42 Å². The predicted molar refractivity (Wildman–Crippen MR) is 153 cm³/mol. The molecule has 4 aromatic rings. The molecule has 0 saturated carbocycles. The van der Waals surface area contributed by atoms with E-state index in [1.54, 1.807) is 36.4 Å². The molecule has 0 unspecified atom stereocenters. The number of hydrogen-bond acceptors (Lipinski definition) is 4. The summed E-state index contributed by atoms with van der Waals surface area (Å²) in [7, 11) is -16.1. The highest BCUT2D eigenvalue weighted by molar-refractivity contribution is 7.89. The second kappa shape index (κ2) is 12.3. The lowest BCUT2D eigenvalue weighted by Crippen LogP contribution is -2.30. The third-order valence-corrected chi connectivity index (χ3v) is 10.4. The zero-order chi connectivity index (χ0) is 32.6. The second-order valence-electron chi connectivity index (χ2n) is 9.73. The van der Waals surface area contributed by atoms with Crippen LogP contribution in [0.3, 0.4) is 0 Å². The van der Waals surface area contributed by atoms with Gasteiger partial charge >= 0.3 is 26.5 Å². The smallest absolute Gasteiger partial charge is 0.320 e. The van der Waals surface area contributed by atoms with Crippen LogP contribution in [0.2, 0.25) is 0 Å². The van der Waals surface area contributed by atoms with Crippen molar-refractivity contribution in [1.82, 2.24) is 4.31 Å². The van der Waals surface area contributed by atoms with Gasteiger partial charge in [0.2, 0.25) is 10.0 Å². The first-order valence-corrected chi connectivity index (χ1v) is 17.2. The minimum Gasteiger partial charge on any atom is -0.320 e. The molecule has 9 nitrogen and oxygen atoms in total. The van der Waals surface area contributed by atoms with E-state index in [4.69, 9.17) is 19.6 Å². The molecule has 4 aromatic carbocycles. The fourth-order valence-corrected chi connectivity index (χ4v) is 6.64. The molecule has 0 fully saturated rings. The van der Waals surface area contributed by atoms with Crippen LogP contribution in [0, 0.1) is 0 Å². The van der Waals surface area contributed by atoms with Crippen molar-refractivity contribution >= 4 is 25.2 Å². The Balaban J connectivity index is 1.72. The molecule has 0 saturated heterocycles. The quantitative estimate of drug-likeness (QED) is 0.109. The molecule has 0 aliphatic carbocycles. The molecule has 0 atom stereocenters. The molecular weight excluding hydrogens is 648 g/mol. The van der Waals surface area contributed by atoms with Crippen LogP contribution >= 0.6 is 15.2 Å². The summed E-state index contributed by atoms with van der Waals surface area (Å²) in [6.45, 7) is -0.861. The van der Waals surface area contributed by atoms with Crippen molar-refractivity contribution in [2.75, 3.05) is 0 Å². The zero-order valence-electron chi connectivity index (χ0n) is 22.4. The molecule has 0 aliphatic heterocycles. The highest BCUT2D eigenvalue weighted by Gasteiger charge is 2.51. The lowest BCUT2D eigenvalue weighted by Gasteiger charge is -2.24. The molecule has 4 N–H and O–H groups in total. The summed E-state index contributed by atoms with van der Waals surface area (Å²) in [5, 5.41) is 0. The van der Waals surface area contributed by atoms with E-state index in [9.17, 15) is 35.1 Å². The first kappa shape index (κ1) is 33.7. The Kier molecular flexibility index (Phi) is 9.42. The van der Waals surface area contributed by atoms with Crippen LogP contribution < -0.4 is 0 Å². The number of halogens is 4. The Morgan fingerprint density at radius 1 is 0.591 bits per heavy atom. The summed E-state index contributed by atoms with van der Waals surface area (Å²) in [6, 6.07) is 22.2. The van der Waals surface area contributed by atoms with E-state index in [1.165, 1.54) is 18.2 Å². The maximum absolute atomic E-state index is 14.2. The van der Waals surface area contributed by atoms with Crippen molar-refractivity contribution in [1.29, 1.82) is 0 Å². The van der Waals surface area contributed by atoms with Crippen molar-refractivity contribution in [3.63, 3.8) is 0 Å². The molecule has 0 amide bonds. The van der Waals surface area contributed by atoms with Gasteiger partial charge in [-0.1, -0.05) is 91.0 Å². The highest BCUT2D eigenvalue weighted by Crippen LogP contribution is 2.60. The molecule has 0 bridgehead atoms. The Hall–Kier alpha value is -3.19. The summed E-state index contributed by atoms with van der Waals surface area (Å²) in [4.78, 5) is 35.9. The van der Waals surface area contributed by atoms with Crippen molar-refractivity contribution in [2.24, 2.45) is 0 Å². The lowest BCUT2D eigenvalue weighted by atomic mass is 10.1. The Morgan fingerprint density at radius 3 is 1.41 bits per heavy atom. The monoisotopic (exact) mass is 673 g/mol. The summed E-state index contributed by atoms with van der Waals surface area (Å²) in [6.07, 6.45) is 0. The number of nitrogens with zero attached hydrogens (tertiary/aromatic N) is 1. The topological polar surface area (TPSA) is 152 Å². The van der Waals surface area contributed by atoms with Crippen molar-refractivity contribution in [3.8, 4) is 11.1 Å². The summed E-state index contributed by atoms with van der Waals surface area (Å²) < 4.78 is 108. The van der Waals surface area contributed by atoms with Crippen LogP contribution in [0.5, 0.6) is 0 Å². The van der Waals surface area contributed by atoms with Gasteiger partial charge in [-0.2, -0.15) is 21.9 Å². The van der Waals surface area contributed by atoms with E-state index in [0.717, 1.165) is 58.4 Å². The Morgan fingerprint density at radius 2 is 1.00 bits per heavy atom. The highest BCUT2D eigenvalue weighted by atomic mass is 32.2. The average Bonchev–Trinajstić information content (AvgIpc) is 2.97. The maximum Gasteiger partial charge on any atom is 0.399 e. The molecule has 234 valence electrons. The lowest BCUT2D eigenvalue weighted by molar-refractivity contribution is 0.0564. The number of benzene rings is 4. The minimum atomic E-state index is -5.84. The van der Waals surface area contributed by atoms with Gasteiger partial charge < -0.3 is 19.6 Å². The van der Waals surface area contributed by atoms with Crippen LogP contribution in [0.15, 0.2) is 108 Å². The van der Waals surface area contributed by atoms with Gasteiger partial charge in [0.15, 0.2) is 0 Å². The Labute approximate surface area is 249 Å². The first-order chi connectivity index (χ1) is 20.3. The zero-order valence-corrected chi connectivity index (χ0v) is 25.0. The number of alkyl halides is 4. The van der Waals surface area contributed by atoms with Gasteiger partial charge in [0.25, 0.3) is 0 Å². The molecule has 44 heavy (non-hydrogen) atoms. The molecular formula is C28H25F4NO8P2S. The predicted octanol–water partition coefficient (Wildman–Crippen LogP) is 6.20. The van der Waals surface area contributed by atoms with E-state index >= 15 is 0 Å². The van der Waals surface area contributed by atoms with E-state index in [-0.39, 0.29) is 16.0 Å². The normalized spacial score (nSPS) is 13.3. The van der Waals surface area contributed by atoms with Gasteiger partial charge in [0.05, 0.1) is 4.90 Å². The van der Waals surface area contributed by atoms with E-state index in [0.29, 0.717) is 5.56 Å². The third kappa shape index (κ3) is 7.03. The Bertz CT molecular complexity index is 1750. The SMILES string of the molecule is O=P(O)(O)C(F)(F)c1ccc(CN(Cc2ccc(C(F)(F)P(=O)(O)O)cc2)S(=O)(=O)c2cccc(-c3ccccc3)c2)cc1. The van der Waals surface area contributed by atoms with E-state index in [2.05, 4.69) is 0 Å². The van der Waals surface area contributed by atoms with Gasteiger partial charge in [-0.3, -0.25) is 9.13 Å². The molecule has 0 radical (unpaired) electrons. The van der Waals surface area contributed by atoms with Gasteiger partial charge in [-0.05, 0) is 34.4 Å². The summed E-state index contributed by atoms with van der Waals surface area (Å²) >= 11 is 0. The second-order valence-corrected chi connectivity index (χ2v) is 15.0. The number of sulfonamides is 1. The molecule has 4 rings (SSSR count). The number of hydrogen-bond donors (Lipinski definition) is 4. The van der Waals surface area contributed by atoms with E-state index < -0.39 is 60.8 Å². The largest absolute Gasteiger partial charge is 0.399 e. The third-order valence-electron chi connectivity index (χ3n) is 6.63. The fraction of sp³-hybridized carbons (Fsp3) is 0.143. The standard InChI is InChI=1S/C28H25F4NO8P2S/c29-27(30,42(34,35)36)24-13-9-20(10-14-24)18-33(19-21-11-15-25(16-12-21)28(31,32)43(37,38)39)44(40,41)26-8-4-7-23(17-26)22-5-2-1-3-6-22/h1-17H,18-19H2,(H2,34,35,36)(H2,37,38,39). The van der Waals surface area contributed by atoms with Crippen molar-refractivity contribution in [3.05, 3.63) is 125 Å². The molecule has 0 aliphatic rings. The fourth-order valence-electron chi connectivity index (χ4n) is 4.21. The van der Waals surface area contributed by atoms with Gasteiger partial charge in [-0.15, -0.1) is 0 Å². The molecule has 0 spiro atoms. The van der Waals surface area contributed by atoms with Gasteiger partial charge in [0.1, 0.15) is 0 Å². The van der Waals surface area contributed by atoms with Crippen LogP contribution in [0.4, 0.5) is 17.6 Å². The number of rotatable bonds is 11. The van der Waals surface area contributed by atoms with Crippen LogP contribution in [0.1, 0.15) is 22.3 Å². The van der Waals surface area contributed by atoms with Crippen molar-refractivity contribution in [2.45, 2.75) is 29.3 Å². The van der Waals surface area contributed by atoms with Crippen LogP contribution in [-0.2, 0) is 43.6 Å². The van der Waals surface area contributed by atoms with E-state index in [1.807, 2.05) is 0 Å². The van der Waals surface area contributed by atoms with Crippen LogP contribution in [0.25, 0.3) is 11.1 Å². The first-order valence-electron chi connectivity index (χ1n) is 12.6. The van der Waals surface area contributed by atoms with Crippen molar-refractivity contribution < 1.29 is 54.7 Å². The molecule has 0 aromatic heterocycles. The molecule has 16 heteroatoms. The minimum absolute atomic E-state index is 0.145. The summed E-state index contributed by atoms with van der Waals surface area (Å²) in [5.41, 5.74) is -9.33. The maximum atomic E-state index is 14.2. The van der Waals surface area contributed by atoms with Crippen LogP contribution in [-0.4, -0.2) is 32.3 Å². The molecule has 0 heterocycles. The average molecular weight is 674 g/mol. The summed E-state index contributed by atoms with van der Waals surface area (Å²) in [5.74, 6) is 0.